The van der Waals surface area contributed by atoms with Crippen molar-refractivity contribution in [3.05, 3.63) is 0 Å². The van der Waals surface area contributed by atoms with Crippen LogP contribution in [0.4, 0.5) is 0 Å². The van der Waals surface area contributed by atoms with Crippen LogP contribution in [0.5, 0.6) is 0 Å². The second kappa shape index (κ2) is 6.67. The van der Waals surface area contributed by atoms with Gasteiger partial charge in [-0.3, -0.25) is 0 Å². The maximum atomic E-state index is 2.53. The van der Waals surface area contributed by atoms with E-state index >= 15 is 0 Å². The molecule has 0 rings (SSSR count). The summed E-state index contributed by atoms with van der Waals surface area (Å²) in [5, 5.41) is 0. The van der Waals surface area contributed by atoms with Crippen molar-refractivity contribution in [1.29, 1.82) is 0 Å². The highest BCUT2D eigenvalue weighted by Gasteiger charge is 2.38. The van der Waals surface area contributed by atoms with Gasteiger partial charge in [0.05, 0.1) is 0 Å². The van der Waals surface area contributed by atoms with Gasteiger partial charge in [0.2, 0.25) is 0 Å². The fourth-order valence-electron chi connectivity index (χ4n) is 3.17. The molecule has 4 unspecified atom stereocenters. The van der Waals surface area contributed by atoms with E-state index in [0.717, 1.165) is 23.7 Å². The van der Waals surface area contributed by atoms with Crippen LogP contribution in [0.1, 0.15) is 74.7 Å². The van der Waals surface area contributed by atoms with Crippen LogP contribution in [0.25, 0.3) is 0 Å². The van der Waals surface area contributed by atoms with E-state index in [0.29, 0.717) is 5.41 Å². The first kappa shape index (κ1) is 16.0. The standard InChI is InChI=1S/C16H34/c1-9-11-16(8,14(6)12(3)4)15(7)13(5)10-2/h12-15H,9-11H2,1-8H3. The van der Waals surface area contributed by atoms with Crippen LogP contribution in [0.3, 0.4) is 0 Å². The Kier molecular flexibility index (Phi) is 6.67. The molecule has 0 aliphatic carbocycles. The highest BCUT2D eigenvalue weighted by atomic mass is 14.4. The van der Waals surface area contributed by atoms with Crippen LogP contribution in [0.2, 0.25) is 0 Å². The van der Waals surface area contributed by atoms with Gasteiger partial charge in [-0.25, -0.2) is 0 Å². The highest BCUT2D eigenvalue weighted by molar-refractivity contribution is 4.87. The first-order valence-corrected chi connectivity index (χ1v) is 7.31. The molecule has 0 spiro atoms. The molecule has 0 aliphatic heterocycles. The van der Waals surface area contributed by atoms with E-state index in [1.165, 1.54) is 19.3 Å². The van der Waals surface area contributed by atoms with Crippen LogP contribution in [-0.2, 0) is 0 Å². The summed E-state index contributed by atoms with van der Waals surface area (Å²) >= 11 is 0. The molecular formula is C16H34. The molecule has 0 radical (unpaired) electrons. The van der Waals surface area contributed by atoms with Gasteiger partial charge in [0.1, 0.15) is 0 Å². The van der Waals surface area contributed by atoms with E-state index in [2.05, 4.69) is 55.4 Å². The highest BCUT2D eigenvalue weighted by Crippen LogP contribution is 2.46. The Morgan fingerprint density at radius 3 is 1.69 bits per heavy atom. The average molecular weight is 226 g/mol. The third kappa shape index (κ3) is 3.50. The molecule has 0 saturated heterocycles. The summed E-state index contributed by atoms with van der Waals surface area (Å²) in [6, 6.07) is 0. The van der Waals surface area contributed by atoms with Crippen molar-refractivity contribution >= 4 is 0 Å². The van der Waals surface area contributed by atoms with Gasteiger partial charge in [0.25, 0.3) is 0 Å². The van der Waals surface area contributed by atoms with Gasteiger partial charge in [-0.2, -0.15) is 0 Å². The minimum absolute atomic E-state index is 0.512. The van der Waals surface area contributed by atoms with Crippen molar-refractivity contribution in [1.82, 2.24) is 0 Å². The fraction of sp³-hybridized carbons (Fsp3) is 1.00. The predicted octanol–water partition coefficient (Wildman–Crippen LogP) is 5.77. The van der Waals surface area contributed by atoms with Crippen molar-refractivity contribution in [3.63, 3.8) is 0 Å². The summed E-state index contributed by atoms with van der Waals surface area (Å²) in [7, 11) is 0. The van der Waals surface area contributed by atoms with Crippen molar-refractivity contribution in [2.45, 2.75) is 74.7 Å². The molecule has 0 saturated carbocycles. The second-order valence-corrected chi connectivity index (χ2v) is 6.46. The SMILES string of the molecule is CCCC(C)(C(C)C(C)C)C(C)C(C)CC. The zero-order chi connectivity index (χ0) is 12.9. The Morgan fingerprint density at radius 1 is 0.875 bits per heavy atom. The molecule has 0 aromatic rings. The van der Waals surface area contributed by atoms with E-state index < -0.39 is 0 Å². The van der Waals surface area contributed by atoms with E-state index in [4.69, 9.17) is 0 Å². The Bertz CT molecular complexity index is 182. The van der Waals surface area contributed by atoms with Crippen molar-refractivity contribution in [2.75, 3.05) is 0 Å². The monoisotopic (exact) mass is 226 g/mol. The van der Waals surface area contributed by atoms with Crippen molar-refractivity contribution < 1.29 is 0 Å². The first-order valence-electron chi connectivity index (χ1n) is 7.31. The molecule has 0 bridgehead atoms. The first-order chi connectivity index (χ1) is 7.31. The van der Waals surface area contributed by atoms with Crippen LogP contribution >= 0.6 is 0 Å². The quantitative estimate of drug-likeness (QED) is 0.517. The summed E-state index contributed by atoms with van der Waals surface area (Å²) in [6.07, 6.45) is 4.00. The maximum absolute atomic E-state index is 2.53. The molecule has 16 heavy (non-hydrogen) atoms. The summed E-state index contributed by atoms with van der Waals surface area (Å²) < 4.78 is 0. The topological polar surface area (TPSA) is 0 Å². The van der Waals surface area contributed by atoms with Gasteiger partial charge in [-0.1, -0.05) is 68.2 Å². The van der Waals surface area contributed by atoms with E-state index in [9.17, 15) is 0 Å². The summed E-state index contributed by atoms with van der Waals surface area (Å²) in [5.74, 6) is 3.28. The van der Waals surface area contributed by atoms with Crippen LogP contribution in [0, 0.1) is 29.1 Å². The fourth-order valence-corrected chi connectivity index (χ4v) is 3.17. The zero-order valence-corrected chi connectivity index (χ0v) is 12.9. The minimum atomic E-state index is 0.512. The second-order valence-electron chi connectivity index (χ2n) is 6.46. The van der Waals surface area contributed by atoms with Gasteiger partial charge in [0.15, 0.2) is 0 Å². The average Bonchev–Trinajstić information content (AvgIpc) is 2.25. The predicted molar refractivity (Wildman–Crippen MR) is 75.6 cm³/mol. The zero-order valence-electron chi connectivity index (χ0n) is 12.9. The molecule has 0 N–H and O–H groups in total. The van der Waals surface area contributed by atoms with E-state index in [1.807, 2.05) is 0 Å². The minimum Gasteiger partial charge on any atom is -0.0654 e. The summed E-state index contributed by atoms with van der Waals surface area (Å²) in [4.78, 5) is 0. The molecule has 4 atom stereocenters. The van der Waals surface area contributed by atoms with Crippen LogP contribution < -0.4 is 0 Å². The summed E-state index contributed by atoms with van der Waals surface area (Å²) in [5.41, 5.74) is 0.512. The lowest BCUT2D eigenvalue weighted by molar-refractivity contribution is 0.0373. The van der Waals surface area contributed by atoms with Crippen molar-refractivity contribution in [3.8, 4) is 0 Å². The third-order valence-corrected chi connectivity index (χ3v) is 5.37. The third-order valence-electron chi connectivity index (χ3n) is 5.37. The number of hydrogen-bond acceptors (Lipinski definition) is 0. The number of rotatable bonds is 7. The van der Waals surface area contributed by atoms with E-state index in [1.54, 1.807) is 0 Å². The van der Waals surface area contributed by atoms with Gasteiger partial charge in [-0.05, 0) is 35.5 Å². The molecule has 98 valence electrons. The molecule has 0 aliphatic rings. The Balaban J connectivity index is 4.93. The van der Waals surface area contributed by atoms with Crippen LogP contribution in [-0.4, -0.2) is 0 Å². The number of hydrogen-bond donors (Lipinski definition) is 0. The van der Waals surface area contributed by atoms with Gasteiger partial charge in [-0.15, -0.1) is 0 Å². The molecule has 0 heterocycles. The Hall–Kier alpha value is 0. The van der Waals surface area contributed by atoms with Gasteiger partial charge >= 0.3 is 0 Å². The van der Waals surface area contributed by atoms with Crippen LogP contribution in [0.15, 0.2) is 0 Å². The molecular weight excluding hydrogens is 192 g/mol. The lowest BCUT2D eigenvalue weighted by atomic mass is 9.60. The molecule has 0 amide bonds. The maximum Gasteiger partial charge on any atom is -0.0270 e. The normalized spacial score (nSPS) is 21.6. The molecule has 0 nitrogen and oxygen atoms in total. The van der Waals surface area contributed by atoms with Gasteiger partial charge in [0, 0.05) is 0 Å². The molecule has 0 heteroatoms. The van der Waals surface area contributed by atoms with Gasteiger partial charge < -0.3 is 0 Å². The molecule has 0 fully saturated rings. The molecule has 0 aromatic heterocycles. The Labute approximate surface area is 104 Å². The Morgan fingerprint density at radius 2 is 1.38 bits per heavy atom. The van der Waals surface area contributed by atoms with E-state index in [-0.39, 0.29) is 0 Å². The lowest BCUT2D eigenvalue weighted by Gasteiger charge is -2.45. The lowest BCUT2D eigenvalue weighted by Crippen LogP contribution is -2.38. The largest absolute Gasteiger partial charge is 0.0654 e. The molecule has 0 aromatic carbocycles. The smallest absolute Gasteiger partial charge is 0.0270 e. The van der Waals surface area contributed by atoms with Crippen molar-refractivity contribution in [2.24, 2.45) is 29.1 Å². The summed E-state index contributed by atoms with van der Waals surface area (Å²) in [6.45, 7) is 19.3.